The van der Waals surface area contributed by atoms with Gasteiger partial charge in [-0.25, -0.2) is 0 Å². The van der Waals surface area contributed by atoms with Crippen molar-refractivity contribution in [1.82, 2.24) is 4.57 Å². The molecule has 3 heteroatoms. The van der Waals surface area contributed by atoms with Gasteiger partial charge >= 0.3 is 0 Å². The fourth-order valence-corrected chi connectivity index (χ4v) is 2.64. The number of nitrogens with zero attached hydrogens (tertiary/aromatic N) is 1. The van der Waals surface area contributed by atoms with Crippen LogP contribution in [0.5, 0.6) is 0 Å². The van der Waals surface area contributed by atoms with Crippen LogP contribution in [0.4, 0.5) is 0 Å². The Kier molecular flexibility index (Phi) is 3.12. The highest BCUT2D eigenvalue weighted by atomic mass is 79.9. The Hall–Kier alpha value is -0.800. The molecule has 2 nitrogen and oxygen atoms in total. The van der Waals surface area contributed by atoms with Crippen LogP contribution in [0.3, 0.4) is 0 Å². The lowest BCUT2D eigenvalue weighted by atomic mass is 10.1. The number of aromatic nitrogens is 1. The number of hydrogen-bond donors (Lipinski definition) is 1. The third-order valence-electron chi connectivity index (χ3n) is 2.69. The van der Waals surface area contributed by atoms with Crippen molar-refractivity contribution in [2.24, 2.45) is 12.8 Å². The summed E-state index contributed by atoms with van der Waals surface area (Å²) in [6.07, 6.45) is 4.31. The number of rotatable bonds is 3. The van der Waals surface area contributed by atoms with Crippen LogP contribution in [0.1, 0.15) is 12.0 Å². The third kappa shape index (κ3) is 1.94. The van der Waals surface area contributed by atoms with E-state index < -0.39 is 0 Å². The molecule has 2 N–H and O–H groups in total. The summed E-state index contributed by atoms with van der Waals surface area (Å²) in [5.41, 5.74) is 8.20. The first kappa shape index (κ1) is 10.7. The zero-order valence-corrected chi connectivity index (χ0v) is 10.4. The number of benzene rings is 1. The number of halogens is 1. The molecule has 0 spiro atoms. The number of nitrogens with two attached hydrogens (primary N) is 1. The molecule has 0 amide bonds. The maximum Gasteiger partial charge on any atom is 0.0624 e. The monoisotopic (exact) mass is 266 g/mol. The summed E-state index contributed by atoms with van der Waals surface area (Å²) in [6.45, 7) is 0.754. The van der Waals surface area contributed by atoms with E-state index in [1.54, 1.807) is 0 Å². The van der Waals surface area contributed by atoms with E-state index in [9.17, 15) is 0 Å². The predicted octanol–water partition coefficient (Wildman–Crippen LogP) is 2.83. The van der Waals surface area contributed by atoms with Gasteiger partial charge in [0, 0.05) is 23.1 Å². The molecular weight excluding hydrogens is 252 g/mol. The van der Waals surface area contributed by atoms with E-state index in [0.29, 0.717) is 0 Å². The molecule has 0 fully saturated rings. The van der Waals surface area contributed by atoms with Crippen molar-refractivity contribution in [2.75, 3.05) is 6.54 Å². The fourth-order valence-electron chi connectivity index (χ4n) is 1.99. The molecule has 0 saturated heterocycles. The largest absolute Gasteiger partial charge is 0.349 e. The SMILES string of the molecule is Cn1cc(CCCN)c2cccc(Br)c21. The van der Waals surface area contributed by atoms with E-state index in [1.165, 1.54) is 16.5 Å². The van der Waals surface area contributed by atoms with Gasteiger partial charge in [0.05, 0.1) is 5.52 Å². The normalized spacial score (nSPS) is 11.1. The van der Waals surface area contributed by atoms with Crippen LogP contribution < -0.4 is 5.73 Å². The number of hydrogen-bond acceptors (Lipinski definition) is 1. The van der Waals surface area contributed by atoms with Crippen LogP contribution in [-0.4, -0.2) is 11.1 Å². The van der Waals surface area contributed by atoms with E-state index >= 15 is 0 Å². The average Bonchev–Trinajstić information content (AvgIpc) is 2.54. The Bertz CT molecular complexity index is 474. The van der Waals surface area contributed by atoms with Crippen LogP contribution in [-0.2, 0) is 13.5 Å². The topological polar surface area (TPSA) is 30.9 Å². The van der Waals surface area contributed by atoms with Crippen molar-refractivity contribution < 1.29 is 0 Å². The molecular formula is C12H15BrN2. The van der Waals surface area contributed by atoms with E-state index in [0.717, 1.165) is 23.9 Å². The first-order valence-electron chi connectivity index (χ1n) is 5.16. The van der Waals surface area contributed by atoms with Crippen LogP contribution >= 0.6 is 15.9 Å². The smallest absolute Gasteiger partial charge is 0.0624 e. The molecule has 0 unspecified atom stereocenters. The molecule has 0 atom stereocenters. The maximum absolute atomic E-state index is 5.54. The summed E-state index contributed by atoms with van der Waals surface area (Å²) in [5, 5.41) is 1.33. The number of aryl methyl sites for hydroxylation is 2. The second-order valence-corrected chi connectivity index (χ2v) is 4.65. The maximum atomic E-state index is 5.54. The summed E-state index contributed by atoms with van der Waals surface area (Å²) >= 11 is 3.58. The second-order valence-electron chi connectivity index (χ2n) is 3.79. The molecule has 0 aliphatic rings. The van der Waals surface area contributed by atoms with Gasteiger partial charge in [-0.15, -0.1) is 0 Å². The van der Waals surface area contributed by atoms with Crippen LogP contribution in [0.2, 0.25) is 0 Å². The minimum absolute atomic E-state index is 0.754. The minimum Gasteiger partial charge on any atom is -0.349 e. The molecule has 1 aromatic carbocycles. The van der Waals surface area contributed by atoms with Gasteiger partial charge in [-0.2, -0.15) is 0 Å². The molecule has 0 aliphatic carbocycles. The Morgan fingerprint density at radius 3 is 2.93 bits per heavy atom. The van der Waals surface area contributed by atoms with Gasteiger partial charge < -0.3 is 10.3 Å². The highest BCUT2D eigenvalue weighted by molar-refractivity contribution is 9.10. The van der Waals surface area contributed by atoms with Gasteiger partial charge in [0.15, 0.2) is 0 Å². The standard InChI is InChI=1S/C12H15BrN2/c1-15-8-9(4-3-7-14)10-5-2-6-11(13)12(10)15/h2,5-6,8H,3-4,7,14H2,1H3. The molecule has 0 radical (unpaired) electrons. The fraction of sp³-hybridized carbons (Fsp3) is 0.333. The van der Waals surface area contributed by atoms with Gasteiger partial charge in [-0.05, 0) is 46.9 Å². The van der Waals surface area contributed by atoms with Crippen LogP contribution in [0.25, 0.3) is 10.9 Å². The zero-order chi connectivity index (χ0) is 10.8. The molecule has 0 aliphatic heterocycles. The van der Waals surface area contributed by atoms with Crippen molar-refractivity contribution in [3.63, 3.8) is 0 Å². The molecule has 15 heavy (non-hydrogen) atoms. The van der Waals surface area contributed by atoms with Gasteiger partial charge in [-0.1, -0.05) is 12.1 Å². The minimum atomic E-state index is 0.754. The second kappa shape index (κ2) is 4.37. The summed E-state index contributed by atoms with van der Waals surface area (Å²) in [5.74, 6) is 0. The molecule has 0 bridgehead atoms. The zero-order valence-electron chi connectivity index (χ0n) is 8.83. The summed E-state index contributed by atoms with van der Waals surface area (Å²) in [6, 6.07) is 6.33. The lowest BCUT2D eigenvalue weighted by Crippen LogP contribution is -1.99. The molecule has 1 aromatic heterocycles. The third-order valence-corrected chi connectivity index (χ3v) is 3.33. The summed E-state index contributed by atoms with van der Waals surface area (Å²) in [4.78, 5) is 0. The molecule has 1 heterocycles. The quantitative estimate of drug-likeness (QED) is 0.910. The molecule has 0 saturated carbocycles. The van der Waals surface area contributed by atoms with Crippen molar-refractivity contribution in [1.29, 1.82) is 0 Å². The first-order chi connectivity index (χ1) is 7.24. The highest BCUT2D eigenvalue weighted by Gasteiger charge is 2.07. The van der Waals surface area contributed by atoms with Crippen molar-refractivity contribution in [2.45, 2.75) is 12.8 Å². The summed E-state index contributed by atoms with van der Waals surface area (Å²) < 4.78 is 3.33. The van der Waals surface area contributed by atoms with Crippen molar-refractivity contribution >= 4 is 26.8 Å². The Labute approximate surface area is 98.2 Å². The lowest BCUT2D eigenvalue weighted by Gasteiger charge is -1.99. The summed E-state index contributed by atoms with van der Waals surface area (Å²) in [7, 11) is 2.08. The lowest BCUT2D eigenvalue weighted by molar-refractivity contribution is 0.830. The van der Waals surface area contributed by atoms with E-state index in [1.807, 2.05) is 0 Å². The van der Waals surface area contributed by atoms with Gasteiger partial charge in [-0.3, -0.25) is 0 Å². The molecule has 80 valence electrons. The van der Waals surface area contributed by atoms with Gasteiger partial charge in [0.25, 0.3) is 0 Å². The van der Waals surface area contributed by atoms with E-state index in [2.05, 4.69) is 51.9 Å². The predicted molar refractivity (Wildman–Crippen MR) is 68.0 cm³/mol. The Morgan fingerprint density at radius 2 is 2.20 bits per heavy atom. The highest BCUT2D eigenvalue weighted by Crippen LogP contribution is 2.28. The van der Waals surface area contributed by atoms with Crippen molar-refractivity contribution in [3.05, 3.63) is 34.4 Å². The van der Waals surface area contributed by atoms with E-state index in [-0.39, 0.29) is 0 Å². The van der Waals surface area contributed by atoms with Crippen molar-refractivity contribution in [3.8, 4) is 0 Å². The molecule has 2 rings (SSSR count). The van der Waals surface area contributed by atoms with E-state index in [4.69, 9.17) is 5.73 Å². The van der Waals surface area contributed by atoms with Gasteiger partial charge in [0.1, 0.15) is 0 Å². The van der Waals surface area contributed by atoms with Crippen LogP contribution in [0.15, 0.2) is 28.9 Å². The van der Waals surface area contributed by atoms with Crippen LogP contribution in [0, 0.1) is 0 Å². The number of fused-ring (bicyclic) bond motifs is 1. The Morgan fingerprint density at radius 1 is 1.40 bits per heavy atom. The number of para-hydroxylation sites is 1. The Balaban J connectivity index is 2.53. The molecule has 2 aromatic rings. The average molecular weight is 267 g/mol. The first-order valence-corrected chi connectivity index (χ1v) is 5.96. The van der Waals surface area contributed by atoms with Gasteiger partial charge in [0.2, 0.25) is 0 Å².